The van der Waals surface area contributed by atoms with Crippen LogP contribution < -0.4 is 15.0 Å². The lowest BCUT2D eigenvalue weighted by molar-refractivity contribution is 0.183. The van der Waals surface area contributed by atoms with Crippen molar-refractivity contribution >= 4 is 22.5 Å². The van der Waals surface area contributed by atoms with Crippen LogP contribution in [0.3, 0.4) is 0 Å². The molecule has 1 aliphatic rings. The van der Waals surface area contributed by atoms with Crippen LogP contribution in [0.15, 0.2) is 71.3 Å². The van der Waals surface area contributed by atoms with Crippen molar-refractivity contribution in [1.29, 1.82) is 0 Å². The van der Waals surface area contributed by atoms with Gasteiger partial charge in [0.05, 0.1) is 24.9 Å². The largest absolute Gasteiger partial charge is 0.496 e. The first kappa shape index (κ1) is 23.7. The number of benzene rings is 3. The standard InChI is InChI=1S/C29H32N4O3/c1-19-18-32(29(34)31-20(2)24-11-7-9-22-8-5-6-10-25(22)24)14-15-33(19)23-12-13-26(27(16-23)35-4)28-17-30-21(3)36-28/h5-13,16-17,19-20H,14-15,18H2,1-4H3,(H,31,34)/t19-,20+/m1/s1. The van der Waals surface area contributed by atoms with Crippen molar-refractivity contribution in [2.24, 2.45) is 0 Å². The summed E-state index contributed by atoms with van der Waals surface area (Å²) < 4.78 is 11.4. The second kappa shape index (κ2) is 9.93. The van der Waals surface area contributed by atoms with Crippen molar-refractivity contribution in [1.82, 2.24) is 15.2 Å². The molecule has 7 heteroatoms. The van der Waals surface area contributed by atoms with Crippen molar-refractivity contribution < 1.29 is 13.9 Å². The van der Waals surface area contributed by atoms with E-state index >= 15 is 0 Å². The zero-order valence-electron chi connectivity index (χ0n) is 21.2. The second-order valence-electron chi connectivity index (χ2n) is 9.36. The molecule has 4 aromatic rings. The lowest BCUT2D eigenvalue weighted by atomic mass is 10.00. The van der Waals surface area contributed by atoms with Gasteiger partial charge in [0.2, 0.25) is 0 Å². The molecule has 1 saturated heterocycles. The molecule has 0 bridgehead atoms. The molecule has 0 saturated carbocycles. The van der Waals surface area contributed by atoms with Crippen LogP contribution in [-0.4, -0.2) is 48.7 Å². The van der Waals surface area contributed by atoms with Gasteiger partial charge in [0.15, 0.2) is 11.7 Å². The number of oxazole rings is 1. The number of methoxy groups -OCH3 is 1. The number of piperazine rings is 1. The predicted octanol–water partition coefficient (Wildman–Crippen LogP) is 5.79. The van der Waals surface area contributed by atoms with Gasteiger partial charge < -0.3 is 24.3 Å². The SMILES string of the molecule is COc1cc(N2CCN(C(=O)N[C@@H](C)c3cccc4ccccc34)C[C@H]2C)ccc1-c1cnc(C)o1. The fraction of sp³-hybridized carbons (Fsp3) is 0.310. The first-order valence-electron chi connectivity index (χ1n) is 12.3. The number of carbonyl (C=O) groups excluding carboxylic acids is 1. The molecule has 0 radical (unpaired) electrons. The van der Waals surface area contributed by atoms with Gasteiger partial charge in [0, 0.05) is 44.4 Å². The number of amides is 2. The number of carbonyl (C=O) groups is 1. The Morgan fingerprint density at radius 3 is 2.69 bits per heavy atom. The third-order valence-electron chi connectivity index (χ3n) is 6.95. The van der Waals surface area contributed by atoms with E-state index in [-0.39, 0.29) is 18.1 Å². The summed E-state index contributed by atoms with van der Waals surface area (Å²) in [6.07, 6.45) is 1.71. The molecule has 2 amide bonds. The predicted molar refractivity (Wildman–Crippen MR) is 143 cm³/mol. The Morgan fingerprint density at radius 1 is 1.14 bits per heavy atom. The van der Waals surface area contributed by atoms with Gasteiger partial charge in [-0.3, -0.25) is 0 Å². The zero-order valence-corrected chi connectivity index (χ0v) is 21.2. The molecule has 0 aliphatic carbocycles. The number of hydrogen-bond donors (Lipinski definition) is 1. The van der Waals surface area contributed by atoms with Gasteiger partial charge in [-0.1, -0.05) is 42.5 Å². The van der Waals surface area contributed by atoms with Crippen molar-refractivity contribution in [3.63, 3.8) is 0 Å². The van der Waals surface area contributed by atoms with E-state index in [1.54, 1.807) is 13.3 Å². The Kier molecular flexibility index (Phi) is 6.55. The summed E-state index contributed by atoms with van der Waals surface area (Å²) in [5.41, 5.74) is 3.06. The molecule has 36 heavy (non-hydrogen) atoms. The molecule has 1 aromatic heterocycles. The average molecular weight is 485 g/mol. The molecule has 5 rings (SSSR count). The number of aromatic nitrogens is 1. The first-order chi connectivity index (χ1) is 17.4. The van der Waals surface area contributed by atoms with Crippen LogP contribution in [-0.2, 0) is 0 Å². The van der Waals surface area contributed by atoms with E-state index in [1.807, 2.05) is 49.1 Å². The van der Waals surface area contributed by atoms with Crippen LogP contribution >= 0.6 is 0 Å². The maximum absolute atomic E-state index is 13.2. The minimum absolute atomic E-state index is 0.0319. The molecule has 186 valence electrons. The molecule has 2 heterocycles. The molecule has 0 unspecified atom stereocenters. The quantitative estimate of drug-likeness (QED) is 0.388. The van der Waals surface area contributed by atoms with E-state index in [9.17, 15) is 4.79 Å². The summed E-state index contributed by atoms with van der Waals surface area (Å²) in [7, 11) is 1.66. The van der Waals surface area contributed by atoms with Gasteiger partial charge in [0.1, 0.15) is 5.75 Å². The Labute approximate surface area is 211 Å². The van der Waals surface area contributed by atoms with Crippen LogP contribution in [0.25, 0.3) is 22.1 Å². The van der Waals surface area contributed by atoms with Crippen LogP contribution in [0.2, 0.25) is 0 Å². The smallest absolute Gasteiger partial charge is 0.318 e. The van der Waals surface area contributed by atoms with E-state index < -0.39 is 0 Å². The normalized spacial score (nSPS) is 16.7. The summed E-state index contributed by atoms with van der Waals surface area (Å²) in [5.74, 6) is 2.04. The highest BCUT2D eigenvalue weighted by Gasteiger charge is 2.28. The lowest BCUT2D eigenvalue weighted by Gasteiger charge is -2.41. The van der Waals surface area contributed by atoms with Gasteiger partial charge in [-0.15, -0.1) is 0 Å². The number of nitrogens with zero attached hydrogens (tertiary/aromatic N) is 3. The van der Waals surface area contributed by atoms with Crippen molar-refractivity contribution in [3.8, 4) is 17.1 Å². The summed E-state index contributed by atoms with van der Waals surface area (Å²) in [4.78, 5) is 21.6. The van der Waals surface area contributed by atoms with Gasteiger partial charge in [-0.25, -0.2) is 9.78 Å². The molecule has 1 fully saturated rings. The summed E-state index contributed by atoms with van der Waals surface area (Å²) in [6.45, 7) is 8.03. The molecule has 3 aromatic carbocycles. The minimum Gasteiger partial charge on any atom is -0.496 e. The number of fused-ring (bicyclic) bond motifs is 1. The fourth-order valence-electron chi connectivity index (χ4n) is 5.06. The summed E-state index contributed by atoms with van der Waals surface area (Å²) >= 11 is 0. The second-order valence-corrected chi connectivity index (χ2v) is 9.36. The van der Waals surface area contributed by atoms with E-state index in [1.165, 1.54) is 10.8 Å². The van der Waals surface area contributed by atoms with E-state index in [0.717, 1.165) is 29.1 Å². The lowest BCUT2D eigenvalue weighted by Crippen LogP contribution is -2.56. The molecule has 0 spiro atoms. The van der Waals surface area contributed by atoms with Gasteiger partial charge in [-0.05, 0) is 42.3 Å². The van der Waals surface area contributed by atoms with Crippen LogP contribution in [0.1, 0.15) is 31.3 Å². The number of nitrogens with one attached hydrogen (secondary N) is 1. The van der Waals surface area contributed by atoms with Crippen molar-refractivity contribution in [3.05, 3.63) is 78.3 Å². The maximum Gasteiger partial charge on any atom is 0.318 e. The van der Waals surface area contributed by atoms with Crippen LogP contribution in [0.4, 0.5) is 10.5 Å². The van der Waals surface area contributed by atoms with Gasteiger partial charge in [0.25, 0.3) is 0 Å². The number of ether oxygens (including phenoxy) is 1. The third-order valence-corrected chi connectivity index (χ3v) is 6.95. The van der Waals surface area contributed by atoms with Crippen molar-refractivity contribution in [2.75, 3.05) is 31.6 Å². The number of aryl methyl sites for hydroxylation is 1. The molecule has 1 N–H and O–H groups in total. The fourth-order valence-corrected chi connectivity index (χ4v) is 5.06. The molecule has 7 nitrogen and oxygen atoms in total. The van der Waals surface area contributed by atoms with E-state index in [4.69, 9.17) is 9.15 Å². The number of urea groups is 1. The van der Waals surface area contributed by atoms with Crippen molar-refractivity contribution in [2.45, 2.75) is 32.9 Å². The zero-order chi connectivity index (χ0) is 25.2. The Bertz CT molecular complexity index is 1380. The first-order valence-corrected chi connectivity index (χ1v) is 12.3. The molecule has 1 aliphatic heterocycles. The average Bonchev–Trinajstić information content (AvgIpc) is 3.33. The van der Waals surface area contributed by atoms with E-state index in [0.29, 0.717) is 24.7 Å². The number of hydrogen-bond acceptors (Lipinski definition) is 5. The summed E-state index contributed by atoms with van der Waals surface area (Å²) in [6, 6.07) is 20.7. The topological polar surface area (TPSA) is 70.8 Å². The maximum atomic E-state index is 13.2. The highest BCUT2D eigenvalue weighted by atomic mass is 16.5. The molecular weight excluding hydrogens is 452 g/mol. The Hall–Kier alpha value is -4.00. The highest BCUT2D eigenvalue weighted by molar-refractivity contribution is 5.86. The van der Waals surface area contributed by atoms with Crippen LogP contribution in [0, 0.1) is 6.92 Å². The minimum atomic E-state index is -0.0894. The number of rotatable bonds is 5. The van der Waals surface area contributed by atoms with Crippen LogP contribution in [0.5, 0.6) is 5.75 Å². The Morgan fingerprint density at radius 2 is 1.94 bits per heavy atom. The third kappa shape index (κ3) is 4.61. The molecular formula is C29H32N4O3. The molecule has 2 atom stereocenters. The van der Waals surface area contributed by atoms with Gasteiger partial charge in [-0.2, -0.15) is 0 Å². The van der Waals surface area contributed by atoms with E-state index in [2.05, 4.69) is 52.5 Å². The number of anilines is 1. The highest BCUT2D eigenvalue weighted by Crippen LogP contribution is 2.35. The van der Waals surface area contributed by atoms with Gasteiger partial charge >= 0.3 is 6.03 Å². The Balaban J connectivity index is 1.26. The monoisotopic (exact) mass is 484 g/mol. The summed E-state index contributed by atoms with van der Waals surface area (Å²) in [5, 5.41) is 5.56.